The van der Waals surface area contributed by atoms with Crippen molar-refractivity contribution in [2.75, 3.05) is 19.7 Å². The second-order valence-electron chi connectivity index (χ2n) is 4.72. The van der Waals surface area contributed by atoms with Gasteiger partial charge in [0, 0.05) is 25.8 Å². The molecule has 1 saturated heterocycles. The number of piperidine rings is 1. The van der Waals surface area contributed by atoms with Gasteiger partial charge in [-0.3, -0.25) is 0 Å². The largest absolute Gasteiger partial charge is 0.396 e. The van der Waals surface area contributed by atoms with Gasteiger partial charge in [0.2, 0.25) is 0 Å². The Balaban J connectivity index is 1.80. The Hall–Kier alpha value is -1.56. The van der Waals surface area contributed by atoms with Crippen molar-refractivity contribution in [2.45, 2.75) is 26.3 Å². The number of nitrogens with zero attached hydrogens (tertiary/aromatic N) is 2. The number of amides is 2. The number of aromatic nitrogens is 1. The van der Waals surface area contributed by atoms with Crippen LogP contribution in [0.2, 0.25) is 0 Å². The van der Waals surface area contributed by atoms with Crippen molar-refractivity contribution < 1.29 is 14.4 Å². The summed E-state index contributed by atoms with van der Waals surface area (Å²) in [5, 5.41) is 15.7. The molecule has 1 aromatic heterocycles. The molecule has 1 aliphatic heterocycles. The Morgan fingerprint density at radius 2 is 2.56 bits per heavy atom. The van der Waals surface area contributed by atoms with Crippen molar-refractivity contribution in [3.63, 3.8) is 0 Å². The van der Waals surface area contributed by atoms with Crippen LogP contribution in [0, 0.1) is 12.8 Å². The van der Waals surface area contributed by atoms with E-state index in [9.17, 15) is 4.79 Å². The SMILES string of the molecule is Cc1cc(CNC(=O)N2CCCC(CO)C2)no1. The Labute approximate surface area is 106 Å². The minimum Gasteiger partial charge on any atom is -0.396 e. The highest BCUT2D eigenvalue weighted by molar-refractivity contribution is 5.74. The van der Waals surface area contributed by atoms with Crippen LogP contribution in [0.4, 0.5) is 4.79 Å². The third kappa shape index (κ3) is 3.22. The van der Waals surface area contributed by atoms with E-state index in [1.807, 2.05) is 6.92 Å². The highest BCUT2D eigenvalue weighted by Gasteiger charge is 2.22. The molecule has 1 unspecified atom stereocenters. The maximum absolute atomic E-state index is 11.9. The van der Waals surface area contributed by atoms with Gasteiger partial charge in [0.25, 0.3) is 0 Å². The van der Waals surface area contributed by atoms with Crippen LogP contribution in [-0.4, -0.2) is 40.9 Å². The number of carbonyl (C=O) groups excluding carboxylic acids is 1. The van der Waals surface area contributed by atoms with Gasteiger partial charge in [-0.1, -0.05) is 5.16 Å². The summed E-state index contributed by atoms with van der Waals surface area (Å²) in [4.78, 5) is 13.7. The molecular weight excluding hydrogens is 234 g/mol. The van der Waals surface area contributed by atoms with Crippen molar-refractivity contribution in [2.24, 2.45) is 5.92 Å². The minimum absolute atomic E-state index is 0.103. The fourth-order valence-corrected chi connectivity index (χ4v) is 2.18. The van der Waals surface area contributed by atoms with Crippen LogP contribution in [0.3, 0.4) is 0 Å². The van der Waals surface area contributed by atoms with E-state index in [4.69, 9.17) is 9.63 Å². The molecule has 0 saturated carbocycles. The summed E-state index contributed by atoms with van der Waals surface area (Å²) in [6, 6.07) is 1.70. The lowest BCUT2D eigenvalue weighted by molar-refractivity contribution is 0.129. The van der Waals surface area contributed by atoms with Crippen molar-refractivity contribution in [1.29, 1.82) is 0 Å². The zero-order chi connectivity index (χ0) is 13.0. The molecule has 0 bridgehead atoms. The van der Waals surface area contributed by atoms with E-state index >= 15 is 0 Å². The fourth-order valence-electron chi connectivity index (χ4n) is 2.18. The number of nitrogens with one attached hydrogen (secondary N) is 1. The Bertz CT molecular complexity index is 405. The Kier molecular flexibility index (Phi) is 4.19. The average molecular weight is 253 g/mol. The number of likely N-dealkylation sites (tertiary alicyclic amines) is 1. The van der Waals surface area contributed by atoms with Gasteiger partial charge >= 0.3 is 6.03 Å². The van der Waals surface area contributed by atoms with Gasteiger partial charge in [-0.2, -0.15) is 0 Å². The molecule has 2 N–H and O–H groups in total. The van der Waals surface area contributed by atoms with Crippen molar-refractivity contribution in [3.8, 4) is 0 Å². The van der Waals surface area contributed by atoms with Gasteiger partial charge in [-0.15, -0.1) is 0 Å². The average Bonchev–Trinajstić information content (AvgIpc) is 2.82. The number of aryl methyl sites for hydroxylation is 1. The molecule has 0 aromatic carbocycles. The number of carbonyl (C=O) groups is 1. The van der Waals surface area contributed by atoms with Crippen LogP contribution >= 0.6 is 0 Å². The molecule has 1 aromatic rings. The Morgan fingerprint density at radius 1 is 1.72 bits per heavy atom. The molecule has 2 heterocycles. The van der Waals surface area contributed by atoms with Crippen LogP contribution in [0.15, 0.2) is 10.6 Å². The van der Waals surface area contributed by atoms with Crippen LogP contribution in [0.25, 0.3) is 0 Å². The number of urea groups is 1. The number of aliphatic hydroxyl groups excluding tert-OH is 1. The summed E-state index contributed by atoms with van der Waals surface area (Å²) in [5.41, 5.74) is 0.719. The molecule has 2 rings (SSSR count). The molecule has 6 heteroatoms. The van der Waals surface area contributed by atoms with E-state index in [2.05, 4.69) is 10.5 Å². The fraction of sp³-hybridized carbons (Fsp3) is 0.667. The third-order valence-electron chi connectivity index (χ3n) is 3.16. The predicted molar refractivity (Wildman–Crippen MR) is 64.9 cm³/mol. The Morgan fingerprint density at radius 3 is 3.22 bits per heavy atom. The summed E-state index contributed by atoms with van der Waals surface area (Å²) < 4.78 is 4.93. The highest BCUT2D eigenvalue weighted by atomic mass is 16.5. The first kappa shape index (κ1) is 12.9. The topological polar surface area (TPSA) is 78.6 Å². The zero-order valence-corrected chi connectivity index (χ0v) is 10.6. The van der Waals surface area contributed by atoms with E-state index in [1.165, 1.54) is 0 Å². The first-order valence-corrected chi connectivity index (χ1v) is 6.25. The molecule has 100 valence electrons. The molecule has 6 nitrogen and oxygen atoms in total. The lowest BCUT2D eigenvalue weighted by Crippen LogP contribution is -2.45. The molecule has 1 aliphatic rings. The number of rotatable bonds is 3. The second kappa shape index (κ2) is 5.86. The lowest BCUT2D eigenvalue weighted by Gasteiger charge is -2.31. The molecule has 1 atom stereocenters. The third-order valence-corrected chi connectivity index (χ3v) is 3.16. The molecule has 18 heavy (non-hydrogen) atoms. The normalized spacial score (nSPS) is 19.9. The molecule has 0 radical (unpaired) electrons. The van der Waals surface area contributed by atoms with Gasteiger partial charge < -0.3 is 19.8 Å². The van der Waals surface area contributed by atoms with E-state index in [1.54, 1.807) is 11.0 Å². The first-order valence-electron chi connectivity index (χ1n) is 6.25. The quantitative estimate of drug-likeness (QED) is 0.838. The zero-order valence-electron chi connectivity index (χ0n) is 10.6. The van der Waals surface area contributed by atoms with Crippen molar-refractivity contribution >= 4 is 6.03 Å². The lowest BCUT2D eigenvalue weighted by atomic mass is 9.99. The van der Waals surface area contributed by atoms with E-state index < -0.39 is 0 Å². The van der Waals surface area contributed by atoms with Gasteiger partial charge in [-0.05, 0) is 25.7 Å². The highest BCUT2D eigenvalue weighted by Crippen LogP contribution is 2.15. The van der Waals surface area contributed by atoms with Crippen LogP contribution in [-0.2, 0) is 6.54 Å². The smallest absolute Gasteiger partial charge is 0.317 e. The number of aliphatic hydroxyl groups is 1. The molecule has 0 spiro atoms. The van der Waals surface area contributed by atoms with Gasteiger partial charge in [0.1, 0.15) is 11.5 Å². The van der Waals surface area contributed by atoms with Crippen molar-refractivity contribution in [1.82, 2.24) is 15.4 Å². The number of hydrogen-bond donors (Lipinski definition) is 2. The molecule has 2 amide bonds. The first-order chi connectivity index (χ1) is 8.69. The van der Waals surface area contributed by atoms with E-state index in [0.717, 1.165) is 30.8 Å². The summed E-state index contributed by atoms with van der Waals surface area (Å²) in [7, 11) is 0. The van der Waals surface area contributed by atoms with Crippen LogP contribution < -0.4 is 5.32 Å². The monoisotopic (exact) mass is 253 g/mol. The molecule has 1 fully saturated rings. The summed E-state index contributed by atoms with van der Waals surface area (Å²) in [6.45, 7) is 3.71. The maximum atomic E-state index is 11.9. The standard InChI is InChI=1S/C12H19N3O3/c1-9-5-11(14-18-9)6-13-12(17)15-4-2-3-10(7-15)8-16/h5,10,16H,2-4,6-8H2,1H3,(H,13,17). The summed E-state index contributed by atoms with van der Waals surface area (Å²) in [5.74, 6) is 0.941. The van der Waals surface area contributed by atoms with Gasteiger partial charge in [-0.25, -0.2) is 4.79 Å². The van der Waals surface area contributed by atoms with Crippen LogP contribution in [0.5, 0.6) is 0 Å². The number of hydrogen-bond acceptors (Lipinski definition) is 4. The second-order valence-corrected chi connectivity index (χ2v) is 4.72. The predicted octanol–water partition coefficient (Wildman–Crippen LogP) is 0.897. The van der Waals surface area contributed by atoms with E-state index in [0.29, 0.717) is 13.1 Å². The van der Waals surface area contributed by atoms with Gasteiger partial charge in [0.15, 0.2) is 0 Å². The minimum atomic E-state index is -0.103. The molecular formula is C12H19N3O3. The summed E-state index contributed by atoms with van der Waals surface area (Å²) in [6.07, 6.45) is 1.93. The molecule has 0 aliphatic carbocycles. The summed E-state index contributed by atoms with van der Waals surface area (Å²) >= 11 is 0. The maximum Gasteiger partial charge on any atom is 0.317 e. The van der Waals surface area contributed by atoms with E-state index in [-0.39, 0.29) is 18.6 Å². The van der Waals surface area contributed by atoms with Crippen LogP contribution in [0.1, 0.15) is 24.3 Å². The van der Waals surface area contributed by atoms with Crippen molar-refractivity contribution in [3.05, 3.63) is 17.5 Å². The van der Waals surface area contributed by atoms with Gasteiger partial charge in [0.05, 0.1) is 6.54 Å².